The van der Waals surface area contributed by atoms with Gasteiger partial charge in [-0.05, 0) is 42.8 Å². The molecule has 6 heteroatoms. The normalized spacial score (nSPS) is 11.7. The number of benzene rings is 2. The molecule has 0 atom stereocenters. The lowest BCUT2D eigenvalue weighted by Gasteiger charge is -2.08. The van der Waals surface area contributed by atoms with E-state index in [9.17, 15) is 13.6 Å². The van der Waals surface area contributed by atoms with Gasteiger partial charge in [-0.2, -0.15) is 0 Å². The Hall–Kier alpha value is -3.54. The maximum absolute atomic E-state index is 14.4. The minimum Gasteiger partial charge on any atom is -0.402 e. The Morgan fingerprint density at radius 2 is 1.86 bits per heavy atom. The lowest BCUT2D eigenvalue weighted by Crippen LogP contribution is -2.09. The second-order valence-corrected chi connectivity index (χ2v) is 6.77. The van der Waals surface area contributed by atoms with Gasteiger partial charge in [0.15, 0.2) is 0 Å². The van der Waals surface area contributed by atoms with Crippen LogP contribution in [0.2, 0.25) is 0 Å². The molecule has 0 spiro atoms. The molecular weight excluding hydrogens is 362 g/mol. The van der Waals surface area contributed by atoms with E-state index in [-0.39, 0.29) is 17.8 Å². The van der Waals surface area contributed by atoms with Crippen molar-refractivity contribution in [2.45, 2.75) is 13.5 Å². The number of nitrogens with zero attached hydrogens (tertiary/aromatic N) is 2. The van der Waals surface area contributed by atoms with Gasteiger partial charge in [-0.25, -0.2) is 18.6 Å². The largest absolute Gasteiger partial charge is 0.402 e. The van der Waals surface area contributed by atoms with Crippen LogP contribution in [0.3, 0.4) is 0 Å². The summed E-state index contributed by atoms with van der Waals surface area (Å²) < 4.78 is 35.7. The summed E-state index contributed by atoms with van der Waals surface area (Å²) in [6.07, 6.45) is 1.54. The molecule has 0 fully saturated rings. The van der Waals surface area contributed by atoms with Crippen LogP contribution >= 0.6 is 0 Å². The quantitative estimate of drug-likeness (QED) is 0.439. The summed E-state index contributed by atoms with van der Waals surface area (Å²) in [6.45, 7) is 1.74. The third-order valence-corrected chi connectivity index (χ3v) is 5.05. The summed E-state index contributed by atoms with van der Waals surface area (Å²) in [5.41, 5.74) is 1.25. The number of rotatable bonds is 2. The van der Waals surface area contributed by atoms with Crippen molar-refractivity contribution in [1.82, 2.24) is 9.55 Å². The van der Waals surface area contributed by atoms with Crippen LogP contribution in [0.25, 0.3) is 32.9 Å². The zero-order chi connectivity index (χ0) is 19.4. The van der Waals surface area contributed by atoms with Crippen molar-refractivity contribution in [3.05, 3.63) is 87.9 Å². The number of fused-ring (bicyclic) bond motifs is 5. The second-order valence-electron chi connectivity index (χ2n) is 6.77. The molecule has 3 aromatic heterocycles. The molecule has 0 aliphatic carbocycles. The molecule has 0 bridgehead atoms. The molecule has 5 aromatic rings. The molecule has 3 heterocycles. The molecule has 0 amide bonds. The highest BCUT2D eigenvalue weighted by Gasteiger charge is 2.20. The van der Waals surface area contributed by atoms with Crippen molar-refractivity contribution in [1.29, 1.82) is 0 Å². The highest BCUT2D eigenvalue weighted by atomic mass is 19.1. The molecule has 0 aliphatic heterocycles. The van der Waals surface area contributed by atoms with Crippen molar-refractivity contribution < 1.29 is 13.2 Å². The molecule has 0 N–H and O–H groups in total. The molecule has 0 aliphatic rings. The SMILES string of the molecule is Cc1cc2c3c4cccnc4oc(=O)c3n(Cc3ccccc3F)c2cc1F. The summed E-state index contributed by atoms with van der Waals surface area (Å²) in [4.78, 5) is 16.9. The number of hydrogen-bond donors (Lipinski definition) is 0. The standard InChI is InChI=1S/C22H14F2N2O2/c1-12-9-15-18(10-17(12)24)26(11-13-5-2-3-7-16(13)23)20-19(15)14-6-4-8-25-21(14)28-22(20)27/h2-10H,11H2,1H3. The molecule has 4 nitrogen and oxygen atoms in total. The fourth-order valence-corrected chi connectivity index (χ4v) is 3.72. The molecule has 0 saturated heterocycles. The molecule has 0 radical (unpaired) electrons. The first-order valence-electron chi connectivity index (χ1n) is 8.78. The summed E-state index contributed by atoms with van der Waals surface area (Å²) in [6, 6.07) is 13.0. The monoisotopic (exact) mass is 376 g/mol. The summed E-state index contributed by atoms with van der Waals surface area (Å²) in [7, 11) is 0. The number of pyridine rings is 1. The van der Waals surface area contributed by atoms with Crippen molar-refractivity contribution in [2.24, 2.45) is 0 Å². The van der Waals surface area contributed by atoms with Crippen LogP contribution in [-0.4, -0.2) is 9.55 Å². The van der Waals surface area contributed by atoms with Crippen molar-refractivity contribution in [3.63, 3.8) is 0 Å². The molecule has 138 valence electrons. The zero-order valence-electron chi connectivity index (χ0n) is 14.9. The van der Waals surface area contributed by atoms with Crippen LogP contribution in [-0.2, 0) is 6.54 Å². The van der Waals surface area contributed by atoms with E-state index in [2.05, 4.69) is 4.98 Å². The average Bonchev–Trinajstić information content (AvgIpc) is 2.98. The Bertz CT molecular complexity index is 1450. The zero-order valence-corrected chi connectivity index (χ0v) is 14.9. The second kappa shape index (κ2) is 5.99. The minimum atomic E-state index is -0.591. The molecule has 5 rings (SSSR count). The Kier molecular flexibility index (Phi) is 3.55. The van der Waals surface area contributed by atoms with E-state index >= 15 is 0 Å². The van der Waals surface area contributed by atoms with Crippen molar-refractivity contribution in [2.75, 3.05) is 0 Å². The first kappa shape index (κ1) is 16.6. The lowest BCUT2D eigenvalue weighted by molar-refractivity contribution is 0.552. The smallest absolute Gasteiger partial charge is 0.362 e. The fourth-order valence-electron chi connectivity index (χ4n) is 3.72. The van der Waals surface area contributed by atoms with Crippen molar-refractivity contribution in [3.8, 4) is 0 Å². The highest BCUT2D eigenvalue weighted by Crippen LogP contribution is 2.34. The molecule has 2 aromatic carbocycles. The number of aryl methyl sites for hydroxylation is 1. The van der Waals surface area contributed by atoms with E-state index in [1.165, 1.54) is 12.1 Å². The number of halogens is 2. The van der Waals surface area contributed by atoms with Gasteiger partial charge in [0.2, 0.25) is 5.71 Å². The lowest BCUT2D eigenvalue weighted by atomic mass is 10.1. The summed E-state index contributed by atoms with van der Waals surface area (Å²) in [5.74, 6) is -0.783. The maximum Gasteiger partial charge on any atom is 0.362 e. The third kappa shape index (κ3) is 2.34. The van der Waals surface area contributed by atoms with Crippen molar-refractivity contribution >= 4 is 32.9 Å². The maximum atomic E-state index is 14.4. The van der Waals surface area contributed by atoms with Crippen LogP contribution in [0.15, 0.2) is 63.9 Å². The average molecular weight is 376 g/mol. The van der Waals surface area contributed by atoms with Crippen LogP contribution in [0.1, 0.15) is 11.1 Å². The Balaban J connectivity index is 1.98. The van der Waals surface area contributed by atoms with Crippen LogP contribution in [0.5, 0.6) is 0 Å². The van der Waals surface area contributed by atoms with E-state index in [4.69, 9.17) is 4.42 Å². The van der Waals surface area contributed by atoms with Gasteiger partial charge in [0, 0.05) is 27.9 Å². The van der Waals surface area contributed by atoms with Crippen LogP contribution < -0.4 is 5.63 Å². The van der Waals surface area contributed by atoms with E-state index in [1.54, 1.807) is 54.1 Å². The predicted molar refractivity (Wildman–Crippen MR) is 103 cm³/mol. The fraction of sp³-hybridized carbons (Fsp3) is 0.0909. The van der Waals surface area contributed by atoms with Gasteiger partial charge in [0.05, 0.1) is 12.1 Å². The Labute approximate surface area is 157 Å². The molecular formula is C22H14F2N2O2. The van der Waals surface area contributed by atoms with E-state index in [1.807, 2.05) is 0 Å². The molecule has 0 saturated carbocycles. The van der Waals surface area contributed by atoms with Crippen LogP contribution in [0.4, 0.5) is 8.78 Å². The summed E-state index contributed by atoms with van der Waals surface area (Å²) in [5, 5.41) is 1.99. The Morgan fingerprint density at radius 3 is 2.68 bits per heavy atom. The topological polar surface area (TPSA) is 48.0 Å². The van der Waals surface area contributed by atoms with Gasteiger partial charge in [-0.15, -0.1) is 0 Å². The molecule has 0 unspecified atom stereocenters. The van der Waals surface area contributed by atoms with E-state index in [0.717, 1.165) is 0 Å². The molecule has 28 heavy (non-hydrogen) atoms. The third-order valence-electron chi connectivity index (χ3n) is 5.05. The first-order chi connectivity index (χ1) is 13.5. The summed E-state index contributed by atoms with van der Waals surface area (Å²) >= 11 is 0. The minimum absolute atomic E-state index is 0.0751. The predicted octanol–water partition coefficient (Wildman–Crippen LogP) is 4.93. The van der Waals surface area contributed by atoms with Gasteiger partial charge in [0.1, 0.15) is 17.2 Å². The first-order valence-corrected chi connectivity index (χ1v) is 8.78. The van der Waals surface area contributed by atoms with Gasteiger partial charge >= 0.3 is 5.63 Å². The van der Waals surface area contributed by atoms with Gasteiger partial charge in [0.25, 0.3) is 0 Å². The van der Waals surface area contributed by atoms with Gasteiger partial charge < -0.3 is 8.98 Å². The Morgan fingerprint density at radius 1 is 1.04 bits per heavy atom. The highest BCUT2D eigenvalue weighted by molar-refractivity contribution is 6.18. The number of hydrogen-bond acceptors (Lipinski definition) is 3. The van der Waals surface area contributed by atoms with Crippen LogP contribution in [0, 0.1) is 18.6 Å². The van der Waals surface area contributed by atoms with E-state index in [0.29, 0.717) is 32.8 Å². The number of aromatic nitrogens is 2. The van der Waals surface area contributed by atoms with E-state index < -0.39 is 17.3 Å². The van der Waals surface area contributed by atoms with Gasteiger partial charge in [-0.1, -0.05) is 18.2 Å². The van der Waals surface area contributed by atoms with Gasteiger partial charge in [-0.3, -0.25) is 0 Å².